The van der Waals surface area contributed by atoms with Crippen molar-refractivity contribution in [3.8, 4) is 0 Å². The topological polar surface area (TPSA) is 92.7 Å². The standard InChI is InChI=1S/C37H71NO5/c1-3-5-7-9-10-11-12-13-14-15-16-17-18-19-20-21-22-28-32-37(42)43-34(29-25-8-6-4-2)30-26-23-24-27-31-35(39)38-33-36(40)41/h34H,3-33H2,1-2H3,(H,38,39)(H,40,41). The molecule has 1 amide bonds. The molecule has 6 nitrogen and oxygen atoms in total. The Morgan fingerprint density at radius 3 is 1.28 bits per heavy atom. The average molecular weight is 610 g/mol. The molecule has 43 heavy (non-hydrogen) atoms. The molecule has 0 fully saturated rings. The SMILES string of the molecule is CCCCCCCCCCCCCCCCCCCCC(=O)OC(CCCCCC)CCCCCCC(=O)NCC(=O)O. The van der Waals surface area contributed by atoms with Crippen LogP contribution in [0.1, 0.15) is 206 Å². The lowest BCUT2D eigenvalue weighted by Gasteiger charge is -2.18. The summed E-state index contributed by atoms with van der Waals surface area (Å²) >= 11 is 0. The number of carbonyl (C=O) groups is 3. The Bertz CT molecular complexity index is 638. The van der Waals surface area contributed by atoms with Crippen molar-refractivity contribution in [1.82, 2.24) is 5.32 Å². The third-order valence-electron chi connectivity index (χ3n) is 8.53. The summed E-state index contributed by atoms with van der Waals surface area (Å²) in [6.45, 7) is 4.17. The van der Waals surface area contributed by atoms with E-state index in [1.165, 1.54) is 122 Å². The van der Waals surface area contributed by atoms with Gasteiger partial charge in [-0.1, -0.05) is 155 Å². The molecule has 1 unspecified atom stereocenters. The van der Waals surface area contributed by atoms with E-state index < -0.39 is 5.97 Å². The van der Waals surface area contributed by atoms with Crippen LogP contribution in [-0.2, 0) is 19.1 Å². The predicted molar refractivity (Wildman–Crippen MR) is 180 cm³/mol. The fourth-order valence-corrected chi connectivity index (χ4v) is 5.75. The molecule has 0 radical (unpaired) electrons. The number of unbranched alkanes of at least 4 members (excludes halogenated alkanes) is 23. The van der Waals surface area contributed by atoms with E-state index in [1.807, 2.05) is 0 Å². The Morgan fingerprint density at radius 2 is 0.860 bits per heavy atom. The summed E-state index contributed by atoms with van der Waals surface area (Å²) in [5.74, 6) is -1.26. The molecule has 0 aliphatic heterocycles. The minimum atomic E-state index is -1.02. The smallest absolute Gasteiger partial charge is 0.322 e. The lowest BCUT2D eigenvalue weighted by atomic mass is 10.0. The number of carbonyl (C=O) groups excluding carboxylic acids is 2. The fraction of sp³-hybridized carbons (Fsp3) is 0.919. The molecule has 254 valence electrons. The summed E-state index contributed by atoms with van der Waals surface area (Å²) < 4.78 is 5.90. The number of esters is 1. The maximum Gasteiger partial charge on any atom is 0.322 e. The highest BCUT2D eigenvalue weighted by molar-refractivity contribution is 5.80. The molecule has 6 heteroatoms. The summed E-state index contributed by atoms with van der Waals surface area (Å²) in [6, 6.07) is 0. The van der Waals surface area contributed by atoms with Crippen molar-refractivity contribution in [3.05, 3.63) is 0 Å². The van der Waals surface area contributed by atoms with Crippen molar-refractivity contribution < 1.29 is 24.2 Å². The number of ether oxygens (including phenoxy) is 1. The van der Waals surface area contributed by atoms with Gasteiger partial charge in [-0.2, -0.15) is 0 Å². The summed E-state index contributed by atoms with van der Waals surface area (Å²) in [6.07, 6.45) is 35.3. The molecule has 0 spiro atoms. The molecule has 1 atom stereocenters. The Kier molecular flexibility index (Phi) is 32.1. The van der Waals surface area contributed by atoms with Crippen molar-refractivity contribution in [2.45, 2.75) is 213 Å². The molecule has 0 aromatic heterocycles. The van der Waals surface area contributed by atoms with Gasteiger partial charge in [0.1, 0.15) is 12.6 Å². The maximum atomic E-state index is 12.5. The molecule has 0 rings (SSSR count). The van der Waals surface area contributed by atoms with Gasteiger partial charge in [0.05, 0.1) is 0 Å². The first-order valence-electron chi connectivity index (χ1n) is 18.7. The number of hydrogen-bond acceptors (Lipinski definition) is 4. The molecular formula is C37H71NO5. The van der Waals surface area contributed by atoms with Gasteiger partial charge in [0.25, 0.3) is 0 Å². The fourth-order valence-electron chi connectivity index (χ4n) is 5.75. The Morgan fingerprint density at radius 1 is 0.512 bits per heavy atom. The van der Waals surface area contributed by atoms with Crippen LogP contribution in [0.3, 0.4) is 0 Å². The van der Waals surface area contributed by atoms with E-state index in [0.717, 1.165) is 57.8 Å². The van der Waals surface area contributed by atoms with Crippen LogP contribution in [0.2, 0.25) is 0 Å². The van der Waals surface area contributed by atoms with Crippen LogP contribution in [0.15, 0.2) is 0 Å². The third kappa shape index (κ3) is 33.1. The molecule has 0 aromatic rings. The first kappa shape index (κ1) is 41.4. The summed E-state index contributed by atoms with van der Waals surface area (Å²) in [4.78, 5) is 34.7. The molecular weight excluding hydrogens is 538 g/mol. The highest BCUT2D eigenvalue weighted by atomic mass is 16.5. The molecule has 0 saturated carbocycles. The van der Waals surface area contributed by atoms with Gasteiger partial charge in [-0.25, -0.2) is 0 Å². The van der Waals surface area contributed by atoms with E-state index in [-0.39, 0.29) is 24.5 Å². The minimum absolute atomic E-state index is 0.0128. The van der Waals surface area contributed by atoms with E-state index in [9.17, 15) is 14.4 Å². The molecule has 0 aromatic carbocycles. The van der Waals surface area contributed by atoms with E-state index in [4.69, 9.17) is 9.84 Å². The van der Waals surface area contributed by atoms with Crippen molar-refractivity contribution in [2.75, 3.05) is 6.54 Å². The minimum Gasteiger partial charge on any atom is -0.480 e. The maximum absolute atomic E-state index is 12.5. The van der Waals surface area contributed by atoms with Crippen LogP contribution >= 0.6 is 0 Å². The second kappa shape index (κ2) is 33.3. The zero-order valence-corrected chi connectivity index (χ0v) is 28.6. The zero-order valence-electron chi connectivity index (χ0n) is 28.6. The second-order valence-electron chi connectivity index (χ2n) is 12.8. The van der Waals surface area contributed by atoms with Crippen molar-refractivity contribution >= 4 is 17.8 Å². The van der Waals surface area contributed by atoms with Crippen LogP contribution in [-0.4, -0.2) is 35.6 Å². The normalized spacial score (nSPS) is 11.9. The van der Waals surface area contributed by atoms with E-state index >= 15 is 0 Å². The van der Waals surface area contributed by atoms with Crippen LogP contribution in [0.25, 0.3) is 0 Å². The van der Waals surface area contributed by atoms with Gasteiger partial charge in [-0.15, -0.1) is 0 Å². The molecule has 0 aliphatic carbocycles. The van der Waals surface area contributed by atoms with Gasteiger partial charge < -0.3 is 15.2 Å². The summed E-state index contributed by atoms with van der Waals surface area (Å²) in [5.41, 5.74) is 0. The molecule has 0 saturated heterocycles. The molecule has 0 aliphatic rings. The molecule has 0 bridgehead atoms. The van der Waals surface area contributed by atoms with Gasteiger partial charge in [0.2, 0.25) is 5.91 Å². The Balaban J connectivity index is 3.77. The van der Waals surface area contributed by atoms with E-state index in [0.29, 0.717) is 12.8 Å². The van der Waals surface area contributed by atoms with E-state index in [1.54, 1.807) is 0 Å². The number of amides is 1. The quantitative estimate of drug-likeness (QED) is 0.0559. The molecule has 2 N–H and O–H groups in total. The van der Waals surface area contributed by atoms with Crippen molar-refractivity contribution in [3.63, 3.8) is 0 Å². The highest BCUT2D eigenvalue weighted by Crippen LogP contribution is 2.18. The van der Waals surface area contributed by atoms with Gasteiger partial charge in [-0.05, 0) is 38.5 Å². The van der Waals surface area contributed by atoms with Crippen LogP contribution in [0.5, 0.6) is 0 Å². The van der Waals surface area contributed by atoms with E-state index in [2.05, 4.69) is 19.2 Å². The number of aliphatic carboxylic acids is 1. The van der Waals surface area contributed by atoms with Crippen LogP contribution < -0.4 is 5.32 Å². The third-order valence-corrected chi connectivity index (χ3v) is 8.53. The molecule has 0 heterocycles. The van der Waals surface area contributed by atoms with Crippen molar-refractivity contribution in [2.24, 2.45) is 0 Å². The first-order valence-corrected chi connectivity index (χ1v) is 18.7. The number of carboxylic acids is 1. The predicted octanol–water partition coefficient (Wildman–Crippen LogP) is 10.8. The van der Waals surface area contributed by atoms with Crippen LogP contribution in [0, 0.1) is 0 Å². The zero-order chi connectivity index (χ0) is 31.6. The number of rotatable bonds is 34. The van der Waals surface area contributed by atoms with Crippen LogP contribution in [0.4, 0.5) is 0 Å². The highest BCUT2D eigenvalue weighted by Gasteiger charge is 2.14. The Hall–Kier alpha value is -1.59. The van der Waals surface area contributed by atoms with Gasteiger partial charge >= 0.3 is 11.9 Å². The number of hydrogen-bond donors (Lipinski definition) is 2. The largest absolute Gasteiger partial charge is 0.480 e. The van der Waals surface area contributed by atoms with Crippen molar-refractivity contribution in [1.29, 1.82) is 0 Å². The summed E-state index contributed by atoms with van der Waals surface area (Å²) in [5, 5.41) is 11.0. The van der Waals surface area contributed by atoms with Gasteiger partial charge in [0, 0.05) is 12.8 Å². The monoisotopic (exact) mass is 610 g/mol. The average Bonchev–Trinajstić information content (AvgIpc) is 2.99. The lowest BCUT2D eigenvalue weighted by Crippen LogP contribution is -2.28. The number of nitrogens with one attached hydrogen (secondary N) is 1. The second-order valence-corrected chi connectivity index (χ2v) is 12.8. The Labute approximate surface area is 266 Å². The lowest BCUT2D eigenvalue weighted by molar-refractivity contribution is -0.150. The first-order chi connectivity index (χ1) is 21.0. The van der Waals surface area contributed by atoms with Gasteiger partial charge in [0.15, 0.2) is 0 Å². The van der Waals surface area contributed by atoms with Gasteiger partial charge in [-0.3, -0.25) is 14.4 Å². The summed E-state index contributed by atoms with van der Waals surface area (Å²) in [7, 11) is 0. The number of carboxylic acid groups (broad SMARTS) is 1.